The van der Waals surface area contributed by atoms with Crippen LogP contribution in [0.5, 0.6) is 0 Å². The van der Waals surface area contributed by atoms with E-state index >= 15 is 0 Å². The fourth-order valence-corrected chi connectivity index (χ4v) is 1.30. The molecule has 0 spiro atoms. The number of aryl methyl sites for hydroxylation is 1. The molecule has 0 aliphatic heterocycles. The Morgan fingerprint density at radius 3 is 2.71 bits per heavy atom. The third-order valence-electron chi connectivity index (χ3n) is 2.47. The number of carbonyl (C=O) groups excluding carboxylic acids is 1. The molecule has 88 valence electrons. The molecular weight excluding hydrogens is 223 g/mol. The summed E-state index contributed by atoms with van der Waals surface area (Å²) < 4.78 is 12.6. The zero-order chi connectivity index (χ0) is 12.4. The Morgan fingerprint density at radius 2 is 2.18 bits per heavy atom. The maximum atomic E-state index is 12.6. The SMILES string of the molecule is Cc1[nH]nc(NC(=O)c2ccc(F)nc2)c1C. The molecule has 0 fully saturated rings. The number of amides is 1. The minimum Gasteiger partial charge on any atom is -0.305 e. The summed E-state index contributed by atoms with van der Waals surface area (Å²) in [5.41, 5.74) is 2.04. The Hall–Kier alpha value is -2.24. The summed E-state index contributed by atoms with van der Waals surface area (Å²) in [5.74, 6) is -0.516. The number of aromatic nitrogens is 3. The number of anilines is 1. The molecule has 5 nitrogen and oxygen atoms in total. The fourth-order valence-electron chi connectivity index (χ4n) is 1.30. The first-order valence-electron chi connectivity index (χ1n) is 5.02. The smallest absolute Gasteiger partial charge is 0.258 e. The Bertz CT molecular complexity index is 547. The molecule has 2 heterocycles. The van der Waals surface area contributed by atoms with Crippen molar-refractivity contribution in [2.75, 3.05) is 5.32 Å². The topological polar surface area (TPSA) is 70.7 Å². The number of halogens is 1. The summed E-state index contributed by atoms with van der Waals surface area (Å²) in [7, 11) is 0. The molecule has 0 saturated heterocycles. The third-order valence-corrected chi connectivity index (χ3v) is 2.47. The Morgan fingerprint density at radius 1 is 1.41 bits per heavy atom. The van der Waals surface area contributed by atoms with Gasteiger partial charge in [-0.05, 0) is 26.0 Å². The van der Waals surface area contributed by atoms with Crippen LogP contribution >= 0.6 is 0 Å². The highest BCUT2D eigenvalue weighted by Crippen LogP contribution is 2.14. The normalized spacial score (nSPS) is 10.3. The number of nitrogens with one attached hydrogen (secondary N) is 2. The predicted octanol–water partition coefficient (Wildman–Crippen LogP) is 1.81. The standard InChI is InChI=1S/C11H11FN4O/c1-6-7(2)15-16-10(6)14-11(17)8-3-4-9(12)13-5-8/h3-5H,1-2H3,(H2,14,15,16,17). The molecule has 2 aromatic heterocycles. The number of aromatic amines is 1. The number of rotatable bonds is 2. The molecule has 0 bridgehead atoms. The first-order chi connectivity index (χ1) is 8.08. The van der Waals surface area contributed by atoms with Gasteiger partial charge in [-0.15, -0.1) is 0 Å². The van der Waals surface area contributed by atoms with E-state index in [-0.39, 0.29) is 11.5 Å². The molecule has 2 N–H and O–H groups in total. The van der Waals surface area contributed by atoms with E-state index in [2.05, 4.69) is 20.5 Å². The second-order valence-electron chi connectivity index (χ2n) is 3.65. The van der Waals surface area contributed by atoms with Gasteiger partial charge in [-0.3, -0.25) is 9.89 Å². The second-order valence-corrected chi connectivity index (χ2v) is 3.65. The van der Waals surface area contributed by atoms with Crippen LogP contribution in [0.3, 0.4) is 0 Å². The van der Waals surface area contributed by atoms with Crippen molar-refractivity contribution in [3.8, 4) is 0 Å². The average molecular weight is 234 g/mol. The first kappa shape index (κ1) is 11.3. The van der Waals surface area contributed by atoms with Gasteiger partial charge in [-0.2, -0.15) is 9.49 Å². The van der Waals surface area contributed by atoms with E-state index in [1.165, 1.54) is 12.3 Å². The lowest BCUT2D eigenvalue weighted by Gasteiger charge is -2.02. The van der Waals surface area contributed by atoms with Crippen LogP contribution in [0, 0.1) is 19.8 Å². The van der Waals surface area contributed by atoms with Crippen LogP contribution in [-0.4, -0.2) is 21.1 Å². The van der Waals surface area contributed by atoms with Crippen LogP contribution in [0.15, 0.2) is 18.3 Å². The number of H-pyrrole nitrogens is 1. The van der Waals surface area contributed by atoms with Crippen LogP contribution in [0.4, 0.5) is 10.2 Å². The highest BCUT2D eigenvalue weighted by molar-refractivity contribution is 6.03. The number of nitrogens with zero attached hydrogens (tertiary/aromatic N) is 2. The summed E-state index contributed by atoms with van der Waals surface area (Å²) in [5, 5.41) is 9.33. The number of hydrogen-bond donors (Lipinski definition) is 2. The average Bonchev–Trinajstić information content (AvgIpc) is 2.62. The zero-order valence-electron chi connectivity index (χ0n) is 9.41. The van der Waals surface area contributed by atoms with Crippen LogP contribution in [0.25, 0.3) is 0 Å². The molecule has 6 heteroatoms. The highest BCUT2D eigenvalue weighted by atomic mass is 19.1. The van der Waals surface area contributed by atoms with Gasteiger partial charge >= 0.3 is 0 Å². The molecular formula is C11H11FN4O. The summed E-state index contributed by atoms with van der Waals surface area (Å²) in [6, 6.07) is 2.50. The van der Waals surface area contributed by atoms with Crippen molar-refractivity contribution in [1.82, 2.24) is 15.2 Å². The molecule has 2 aromatic rings. The first-order valence-corrected chi connectivity index (χ1v) is 5.02. The summed E-state index contributed by atoms with van der Waals surface area (Å²) in [6.07, 6.45) is 1.18. The van der Waals surface area contributed by atoms with Crippen molar-refractivity contribution in [3.05, 3.63) is 41.1 Å². The number of hydrogen-bond acceptors (Lipinski definition) is 3. The van der Waals surface area contributed by atoms with Gasteiger partial charge in [0.25, 0.3) is 5.91 Å². The van der Waals surface area contributed by atoms with E-state index < -0.39 is 5.95 Å². The van der Waals surface area contributed by atoms with Gasteiger partial charge in [0.1, 0.15) is 0 Å². The second kappa shape index (κ2) is 4.32. The fraction of sp³-hybridized carbons (Fsp3) is 0.182. The lowest BCUT2D eigenvalue weighted by atomic mass is 10.2. The number of pyridine rings is 1. The minimum atomic E-state index is -0.617. The maximum Gasteiger partial charge on any atom is 0.258 e. The van der Waals surface area contributed by atoms with Crippen molar-refractivity contribution >= 4 is 11.7 Å². The molecule has 17 heavy (non-hydrogen) atoms. The lowest BCUT2D eigenvalue weighted by Crippen LogP contribution is -2.13. The molecule has 0 aliphatic rings. The van der Waals surface area contributed by atoms with Crippen LogP contribution < -0.4 is 5.32 Å². The van der Waals surface area contributed by atoms with Gasteiger partial charge in [0.05, 0.1) is 5.56 Å². The summed E-state index contributed by atoms with van der Waals surface area (Å²) in [4.78, 5) is 15.2. The molecule has 0 aromatic carbocycles. The molecule has 0 saturated carbocycles. The van der Waals surface area contributed by atoms with E-state index in [0.29, 0.717) is 5.82 Å². The molecule has 0 aliphatic carbocycles. The van der Waals surface area contributed by atoms with Gasteiger partial charge in [-0.1, -0.05) is 0 Å². The Kier molecular flexibility index (Phi) is 2.86. The van der Waals surface area contributed by atoms with E-state index in [4.69, 9.17) is 0 Å². The quantitative estimate of drug-likeness (QED) is 0.778. The zero-order valence-corrected chi connectivity index (χ0v) is 9.41. The minimum absolute atomic E-state index is 0.284. The Labute approximate surface area is 97.1 Å². The molecule has 0 radical (unpaired) electrons. The lowest BCUT2D eigenvalue weighted by molar-refractivity contribution is 0.102. The van der Waals surface area contributed by atoms with Crippen LogP contribution in [0.1, 0.15) is 21.6 Å². The molecule has 2 rings (SSSR count). The van der Waals surface area contributed by atoms with Crippen molar-refractivity contribution in [3.63, 3.8) is 0 Å². The molecule has 0 atom stereocenters. The molecule has 1 amide bonds. The maximum absolute atomic E-state index is 12.6. The monoisotopic (exact) mass is 234 g/mol. The van der Waals surface area contributed by atoms with Crippen molar-refractivity contribution in [2.24, 2.45) is 0 Å². The van der Waals surface area contributed by atoms with Gasteiger partial charge in [0.15, 0.2) is 5.82 Å². The van der Waals surface area contributed by atoms with Crippen molar-refractivity contribution < 1.29 is 9.18 Å². The highest BCUT2D eigenvalue weighted by Gasteiger charge is 2.11. The van der Waals surface area contributed by atoms with Gasteiger partial charge in [0.2, 0.25) is 5.95 Å². The van der Waals surface area contributed by atoms with Gasteiger partial charge in [0, 0.05) is 17.5 Å². The van der Waals surface area contributed by atoms with Crippen molar-refractivity contribution in [1.29, 1.82) is 0 Å². The van der Waals surface area contributed by atoms with E-state index in [9.17, 15) is 9.18 Å². The van der Waals surface area contributed by atoms with Gasteiger partial charge in [-0.25, -0.2) is 4.98 Å². The summed E-state index contributed by atoms with van der Waals surface area (Å²) in [6.45, 7) is 3.70. The third kappa shape index (κ3) is 2.30. The largest absolute Gasteiger partial charge is 0.305 e. The van der Waals surface area contributed by atoms with Crippen molar-refractivity contribution in [2.45, 2.75) is 13.8 Å². The van der Waals surface area contributed by atoms with E-state index in [1.54, 1.807) is 0 Å². The number of carbonyl (C=O) groups is 1. The molecule has 0 unspecified atom stereocenters. The Balaban J connectivity index is 2.17. The van der Waals surface area contributed by atoms with Crippen LogP contribution in [0.2, 0.25) is 0 Å². The van der Waals surface area contributed by atoms with E-state index in [1.807, 2.05) is 13.8 Å². The summed E-state index contributed by atoms with van der Waals surface area (Å²) >= 11 is 0. The van der Waals surface area contributed by atoms with Crippen LogP contribution in [-0.2, 0) is 0 Å². The van der Waals surface area contributed by atoms with Gasteiger partial charge < -0.3 is 5.32 Å². The predicted molar refractivity (Wildman–Crippen MR) is 60.2 cm³/mol. The van der Waals surface area contributed by atoms with E-state index in [0.717, 1.165) is 17.3 Å².